The zero-order valence-electron chi connectivity index (χ0n) is 20.8. The van der Waals surface area contributed by atoms with Crippen molar-refractivity contribution in [3.63, 3.8) is 0 Å². The molecule has 0 unspecified atom stereocenters. The first-order chi connectivity index (χ1) is 18.6. The van der Waals surface area contributed by atoms with Gasteiger partial charge in [-0.3, -0.25) is 24.4 Å². The second-order valence-corrected chi connectivity index (χ2v) is 9.34. The molecular weight excluding hydrogens is 563 g/mol. The van der Waals surface area contributed by atoms with Crippen molar-refractivity contribution >= 4 is 50.6 Å². The number of primary amides is 1. The molecule has 210 valence electrons. The second-order valence-electron chi connectivity index (χ2n) is 8.34. The van der Waals surface area contributed by atoms with Gasteiger partial charge in [0.2, 0.25) is 5.91 Å². The van der Waals surface area contributed by atoms with Crippen LogP contribution in [0.2, 0.25) is 0 Å². The van der Waals surface area contributed by atoms with Gasteiger partial charge in [0, 0.05) is 23.2 Å². The van der Waals surface area contributed by atoms with Gasteiger partial charge in [-0.2, -0.15) is 23.0 Å². The van der Waals surface area contributed by atoms with Crippen molar-refractivity contribution in [3.8, 4) is 11.1 Å². The fraction of sp³-hybridized carbons (Fsp3) is 0.286. The Morgan fingerprint density at radius 1 is 1.12 bits per heavy atom. The molecule has 0 saturated heterocycles. The lowest BCUT2D eigenvalue weighted by molar-refractivity contribution is -0.424. The van der Waals surface area contributed by atoms with E-state index >= 15 is 0 Å². The van der Waals surface area contributed by atoms with Gasteiger partial charge in [0.1, 0.15) is 27.6 Å². The molecule has 4 rings (SSSR count). The number of nitrogens with zero attached hydrogens (tertiary/aromatic N) is 7. The number of nitro groups is 2. The SMILES string of the molecule is CCn1ncc(-c2cc(C(F)(F)F)nc3sc(C(N)=O)c(NC(=O)Cn4nc([N+](=O)[O-])c([N+](=O)[O-])c4C)c23)c1C. The molecule has 0 fully saturated rings. The molecule has 0 saturated carbocycles. The van der Waals surface area contributed by atoms with Gasteiger partial charge in [-0.05, 0) is 37.3 Å². The summed E-state index contributed by atoms with van der Waals surface area (Å²) in [7, 11) is 0. The van der Waals surface area contributed by atoms with E-state index < -0.39 is 51.6 Å². The van der Waals surface area contributed by atoms with Crippen LogP contribution in [0.1, 0.15) is 33.7 Å². The van der Waals surface area contributed by atoms with Gasteiger partial charge in [-0.15, -0.1) is 11.3 Å². The van der Waals surface area contributed by atoms with Crippen LogP contribution in [0.3, 0.4) is 0 Å². The Morgan fingerprint density at radius 2 is 1.80 bits per heavy atom. The highest BCUT2D eigenvalue weighted by molar-refractivity contribution is 7.21. The molecule has 0 bridgehead atoms. The van der Waals surface area contributed by atoms with Gasteiger partial charge >= 0.3 is 17.7 Å². The second kappa shape index (κ2) is 9.98. The lowest BCUT2D eigenvalue weighted by Gasteiger charge is -2.12. The fourth-order valence-corrected chi connectivity index (χ4v) is 5.11. The van der Waals surface area contributed by atoms with Crippen molar-refractivity contribution in [2.24, 2.45) is 5.73 Å². The molecule has 4 aromatic heterocycles. The Bertz CT molecular complexity index is 1720. The van der Waals surface area contributed by atoms with Crippen molar-refractivity contribution < 1.29 is 32.6 Å². The van der Waals surface area contributed by atoms with Crippen molar-refractivity contribution in [1.29, 1.82) is 0 Å². The summed E-state index contributed by atoms with van der Waals surface area (Å²) in [6.07, 6.45) is -3.51. The smallest absolute Gasteiger partial charge is 0.365 e. The number of carbonyl (C=O) groups excluding carboxylic acids is 2. The number of nitrogens with two attached hydrogens (primary N) is 1. The number of pyridine rings is 1. The standard InChI is InChI=1S/C21H18F3N9O6S/c1-4-30-8(2)11(6-26-30)10-5-12(21(22,23)24)27-20-14(10)15(17(40-20)18(25)35)28-13(34)7-31-9(3)16(32(36)37)19(29-31)33(38)39/h5-6H,4,7H2,1-3H3,(H2,25,35)(H,28,34). The van der Waals surface area contributed by atoms with Crippen LogP contribution < -0.4 is 11.1 Å². The first-order valence-corrected chi connectivity index (χ1v) is 12.0. The third-order valence-electron chi connectivity index (χ3n) is 5.94. The molecule has 2 amide bonds. The van der Waals surface area contributed by atoms with E-state index in [-0.39, 0.29) is 37.6 Å². The number of rotatable bonds is 8. The summed E-state index contributed by atoms with van der Waals surface area (Å²) in [4.78, 5) is 48.8. The lowest BCUT2D eigenvalue weighted by atomic mass is 10.0. The molecule has 0 aromatic carbocycles. The fourth-order valence-electron chi connectivity index (χ4n) is 4.10. The van der Waals surface area contributed by atoms with E-state index in [9.17, 15) is 43.0 Å². The van der Waals surface area contributed by atoms with E-state index in [4.69, 9.17) is 5.73 Å². The first-order valence-electron chi connectivity index (χ1n) is 11.2. The monoisotopic (exact) mass is 581 g/mol. The molecule has 15 nitrogen and oxygen atoms in total. The number of aryl methyl sites for hydroxylation is 1. The minimum atomic E-state index is -4.85. The molecule has 4 aromatic rings. The Kier molecular flexibility index (Phi) is 7.01. The molecule has 0 spiro atoms. The third-order valence-corrected chi connectivity index (χ3v) is 7.04. The molecule has 0 aliphatic heterocycles. The van der Waals surface area contributed by atoms with Crippen molar-refractivity contribution in [1.82, 2.24) is 24.5 Å². The van der Waals surface area contributed by atoms with E-state index in [1.807, 2.05) is 0 Å². The largest absolute Gasteiger partial charge is 0.468 e. The summed E-state index contributed by atoms with van der Waals surface area (Å²) in [5.74, 6) is -3.10. The van der Waals surface area contributed by atoms with Crippen LogP contribution in [-0.2, 0) is 24.1 Å². The zero-order valence-corrected chi connectivity index (χ0v) is 21.6. The highest BCUT2D eigenvalue weighted by Gasteiger charge is 2.37. The summed E-state index contributed by atoms with van der Waals surface area (Å²) in [5, 5.41) is 32.6. The van der Waals surface area contributed by atoms with Crippen molar-refractivity contribution in [2.75, 3.05) is 5.32 Å². The average molecular weight is 581 g/mol. The number of hydrogen-bond donors (Lipinski definition) is 2. The number of fused-ring (bicyclic) bond motifs is 1. The minimum Gasteiger partial charge on any atom is -0.365 e. The maximum Gasteiger partial charge on any atom is 0.468 e. The van der Waals surface area contributed by atoms with Gasteiger partial charge in [-0.25, -0.2) is 4.98 Å². The van der Waals surface area contributed by atoms with E-state index in [1.165, 1.54) is 10.9 Å². The maximum atomic E-state index is 13.7. The van der Waals surface area contributed by atoms with Crippen LogP contribution in [0, 0.1) is 34.1 Å². The number of halogens is 3. The summed E-state index contributed by atoms with van der Waals surface area (Å²) in [5.41, 5.74) is 3.52. The Labute approximate surface area is 224 Å². The predicted octanol–water partition coefficient (Wildman–Crippen LogP) is 3.57. The summed E-state index contributed by atoms with van der Waals surface area (Å²) in [6.45, 7) is 4.19. The molecular formula is C21H18F3N9O6S. The molecule has 0 radical (unpaired) electrons. The van der Waals surface area contributed by atoms with Gasteiger partial charge in [0.05, 0.1) is 21.9 Å². The molecule has 4 heterocycles. The van der Waals surface area contributed by atoms with Gasteiger partial charge in [0.15, 0.2) is 0 Å². The molecule has 0 aliphatic rings. The van der Waals surface area contributed by atoms with E-state index in [1.54, 1.807) is 13.8 Å². The number of aromatic nitrogens is 5. The van der Waals surface area contributed by atoms with E-state index in [2.05, 4.69) is 20.5 Å². The lowest BCUT2D eigenvalue weighted by Crippen LogP contribution is -2.22. The van der Waals surface area contributed by atoms with Crippen LogP contribution >= 0.6 is 11.3 Å². The average Bonchev–Trinajstić information content (AvgIpc) is 3.51. The van der Waals surface area contributed by atoms with Crippen LogP contribution in [0.4, 0.5) is 30.4 Å². The molecule has 19 heteroatoms. The molecule has 0 aliphatic carbocycles. The molecule has 40 heavy (non-hydrogen) atoms. The van der Waals surface area contributed by atoms with Crippen LogP contribution in [0.25, 0.3) is 21.3 Å². The highest BCUT2D eigenvalue weighted by Crippen LogP contribution is 2.44. The van der Waals surface area contributed by atoms with E-state index in [0.717, 1.165) is 17.7 Å². The van der Waals surface area contributed by atoms with Crippen LogP contribution in [0.15, 0.2) is 12.3 Å². The molecule has 3 N–H and O–H groups in total. The van der Waals surface area contributed by atoms with Crippen molar-refractivity contribution in [3.05, 3.63) is 54.5 Å². The summed E-state index contributed by atoms with van der Waals surface area (Å²) >= 11 is 0.527. The quantitative estimate of drug-likeness (QED) is 0.230. The number of anilines is 1. The topological polar surface area (TPSA) is 207 Å². The highest BCUT2D eigenvalue weighted by atomic mass is 32.1. The number of carbonyl (C=O) groups is 2. The maximum absolute atomic E-state index is 13.7. The Morgan fingerprint density at radius 3 is 2.30 bits per heavy atom. The third kappa shape index (κ3) is 4.81. The Hall–Kier alpha value is -4.94. The van der Waals surface area contributed by atoms with E-state index in [0.29, 0.717) is 23.6 Å². The predicted molar refractivity (Wildman–Crippen MR) is 134 cm³/mol. The van der Waals surface area contributed by atoms with Gasteiger partial charge in [0.25, 0.3) is 5.91 Å². The summed E-state index contributed by atoms with van der Waals surface area (Å²) in [6, 6.07) is 0.768. The Balaban J connectivity index is 1.89. The number of hydrogen-bond acceptors (Lipinski definition) is 10. The number of alkyl halides is 3. The first kappa shape index (κ1) is 28.1. The molecule has 0 atom stereocenters. The summed E-state index contributed by atoms with van der Waals surface area (Å²) < 4.78 is 43.5. The number of amides is 2. The van der Waals surface area contributed by atoms with Gasteiger partial charge < -0.3 is 21.2 Å². The number of thiophene rings is 1. The van der Waals surface area contributed by atoms with Crippen LogP contribution in [-0.4, -0.2) is 46.2 Å². The minimum absolute atomic E-state index is 0.0203. The zero-order chi connectivity index (χ0) is 29.7. The number of nitrogens with one attached hydrogen (secondary N) is 1. The van der Waals surface area contributed by atoms with Gasteiger partial charge in [-0.1, -0.05) is 0 Å². The van der Waals surface area contributed by atoms with Crippen molar-refractivity contribution in [2.45, 2.75) is 40.0 Å². The normalized spacial score (nSPS) is 11.7. The van der Waals surface area contributed by atoms with Crippen LogP contribution in [0.5, 0.6) is 0 Å².